The standard InChI is InChI=1S/C17H19N3O3S/c1-12(21)18-14-5-7-16(8-6-14)24(22,23)19-15-4-3-13-9-10-20(2)17(13)11-15/h3-8,11,19H,9-10H2,1-2H3,(H,18,21). The van der Waals surface area contributed by atoms with Crippen LogP contribution in [0.3, 0.4) is 0 Å². The first-order chi connectivity index (χ1) is 11.3. The van der Waals surface area contributed by atoms with E-state index in [1.807, 2.05) is 19.2 Å². The van der Waals surface area contributed by atoms with E-state index in [2.05, 4.69) is 14.9 Å². The SMILES string of the molecule is CC(=O)Nc1ccc(S(=O)(=O)Nc2ccc3c(c2)N(C)CC3)cc1. The van der Waals surface area contributed by atoms with E-state index in [-0.39, 0.29) is 10.8 Å². The van der Waals surface area contributed by atoms with Gasteiger partial charge in [0.05, 0.1) is 10.6 Å². The van der Waals surface area contributed by atoms with Gasteiger partial charge < -0.3 is 10.2 Å². The second-order valence-corrected chi connectivity index (χ2v) is 7.51. The zero-order chi connectivity index (χ0) is 17.3. The van der Waals surface area contributed by atoms with Crippen LogP contribution in [0.1, 0.15) is 12.5 Å². The first-order valence-electron chi connectivity index (χ1n) is 7.60. The number of carbonyl (C=O) groups is 1. The molecule has 0 aromatic heterocycles. The van der Waals surface area contributed by atoms with Gasteiger partial charge in [-0.05, 0) is 48.4 Å². The molecule has 1 aliphatic rings. The molecule has 0 saturated carbocycles. The van der Waals surface area contributed by atoms with Gasteiger partial charge in [-0.25, -0.2) is 8.42 Å². The Morgan fingerprint density at radius 3 is 2.42 bits per heavy atom. The van der Waals surface area contributed by atoms with Gasteiger partial charge in [-0.15, -0.1) is 0 Å². The van der Waals surface area contributed by atoms with E-state index in [0.29, 0.717) is 11.4 Å². The van der Waals surface area contributed by atoms with Crippen molar-refractivity contribution in [2.24, 2.45) is 0 Å². The van der Waals surface area contributed by atoms with E-state index in [1.165, 1.54) is 24.6 Å². The van der Waals surface area contributed by atoms with Gasteiger partial charge in [-0.2, -0.15) is 0 Å². The Balaban J connectivity index is 1.81. The Morgan fingerprint density at radius 2 is 1.75 bits per heavy atom. The molecule has 0 unspecified atom stereocenters. The summed E-state index contributed by atoms with van der Waals surface area (Å²) in [5, 5.41) is 2.61. The van der Waals surface area contributed by atoms with Crippen LogP contribution >= 0.6 is 0 Å². The fourth-order valence-electron chi connectivity index (χ4n) is 2.74. The summed E-state index contributed by atoms with van der Waals surface area (Å²) in [6.07, 6.45) is 0.976. The maximum Gasteiger partial charge on any atom is 0.261 e. The summed E-state index contributed by atoms with van der Waals surface area (Å²) in [5.74, 6) is -0.203. The van der Waals surface area contributed by atoms with Crippen LogP contribution in [0.4, 0.5) is 17.1 Å². The zero-order valence-electron chi connectivity index (χ0n) is 13.5. The third-order valence-corrected chi connectivity index (χ3v) is 5.35. The lowest BCUT2D eigenvalue weighted by Crippen LogP contribution is -2.15. The van der Waals surface area contributed by atoms with Crippen molar-refractivity contribution in [3.05, 3.63) is 48.0 Å². The Bertz CT molecular complexity index is 876. The van der Waals surface area contributed by atoms with Crippen LogP contribution in [0.15, 0.2) is 47.4 Å². The number of fused-ring (bicyclic) bond motifs is 1. The molecule has 1 heterocycles. The number of hydrogen-bond donors (Lipinski definition) is 2. The van der Waals surface area contributed by atoms with E-state index in [0.717, 1.165) is 18.7 Å². The second kappa shape index (κ2) is 6.16. The van der Waals surface area contributed by atoms with Crippen molar-refractivity contribution in [1.82, 2.24) is 0 Å². The lowest BCUT2D eigenvalue weighted by atomic mass is 10.1. The second-order valence-electron chi connectivity index (χ2n) is 5.83. The number of sulfonamides is 1. The van der Waals surface area contributed by atoms with Crippen LogP contribution in [-0.4, -0.2) is 27.9 Å². The quantitative estimate of drug-likeness (QED) is 0.892. The molecule has 2 aromatic rings. The number of likely N-dealkylation sites (N-methyl/N-ethyl adjacent to an activating group) is 1. The van der Waals surface area contributed by atoms with Gasteiger partial charge in [0.1, 0.15) is 0 Å². The minimum absolute atomic E-state index is 0.144. The Morgan fingerprint density at radius 1 is 1.08 bits per heavy atom. The summed E-state index contributed by atoms with van der Waals surface area (Å²) in [6.45, 7) is 2.34. The number of anilines is 3. The average molecular weight is 345 g/mol. The van der Waals surface area contributed by atoms with Crippen molar-refractivity contribution in [1.29, 1.82) is 0 Å². The van der Waals surface area contributed by atoms with Crippen LogP contribution in [0, 0.1) is 0 Å². The summed E-state index contributed by atoms with van der Waals surface area (Å²) < 4.78 is 27.6. The third kappa shape index (κ3) is 3.35. The molecular weight excluding hydrogens is 326 g/mol. The molecule has 0 atom stereocenters. The van der Waals surface area contributed by atoms with E-state index in [9.17, 15) is 13.2 Å². The molecule has 7 heteroatoms. The molecule has 0 fully saturated rings. The number of rotatable bonds is 4. The molecule has 0 bridgehead atoms. The summed E-state index contributed by atoms with van der Waals surface area (Å²) in [4.78, 5) is 13.3. The highest BCUT2D eigenvalue weighted by Crippen LogP contribution is 2.30. The van der Waals surface area contributed by atoms with Crippen molar-refractivity contribution >= 4 is 33.0 Å². The van der Waals surface area contributed by atoms with E-state index >= 15 is 0 Å². The van der Waals surface area contributed by atoms with Crippen LogP contribution in [0.25, 0.3) is 0 Å². The average Bonchev–Trinajstić information content (AvgIpc) is 2.88. The van der Waals surface area contributed by atoms with Gasteiger partial charge in [0.25, 0.3) is 10.0 Å². The smallest absolute Gasteiger partial charge is 0.261 e. The van der Waals surface area contributed by atoms with Crippen molar-refractivity contribution in [3.8, 4) is 0 Å². The topological polar surface area (TPSA) is 78.5 Å². The van der Waals surface area contributed by atoms with Crippen LogP contribution in [-0.2, 0) is 21.2 Å². The molecule has 1 amide bonds. The van der Waals surface area contributed by atoms with Crippen LogP contribution in [0.2, 0.25) is 0 Å². The fraction of sp³-hybridized carbons (Fsp3) is 0.235. The molecule has 24 heavy (non-hydrogen) atoms. The number of nitrogens with one attached hydrogen (secondary N) is 2. The van der Waals surface area contributed by atoms with Gasteiger partial charge in [-0.1, -0.05) is 6.07 Å². The number of amides is 1. The zero-order valence-corrected chi connectivity index (χ0v) is 14.4. The molecule has 2 aromatic carbocycles. The van der Waals surface area contributed by atoms with Crippen LogP contribution in [0.5, 0.6) is 0 Å². The minimum atomic E-state index is -3.67. The number of nitrogens with zero attached hydrogens (tertiary/aromatic N) is 1. The highest BCUT2D eigenvalue weighted by atomic mass is 32.2. The molecule has 0 spiro atoms. The highest BCUT2D eigenvalue weighted by Gasteiger charge is 2.18. The summed E-state index contributed by atoms with van der Waals surface area (Å²) in [6, 6.07) is 11.6. The summed E-state index contributed by atoms with van der Waals surface area (Å²) in [5.41, 5.74) is 3.37. The van der Waals surface area contributed by atoms with E-state index in [1.54, 1.807) is 18.2 Å². The Labute approximate surface area is 141 Å². The molecule has 0 aliphatic carbocycles. The molecule has 1 aliphatic heterocycles. The van der Waals surface area contributed by atoms with E-state index in [4.69, 9.17) is 0 Å². The first kappa shape index (κ1) is 16.3. The fourth-order valence-corrected chi connectivity index (χ4v) is 3.79. The number of benzene rings is 2. The molecule has 126 valence electrons. The van der Waals surface area contributed by atoms with Gasteiger partial charge in [0.15, 0.2) is 0 Å². The highest BCUT2D eigenvalue weighted by molar-refractivity contribution is 7.92. The van der Waals surface area contributed by atoms with Gasteiger partial charge >= 0.3 is 0 Å². The summed E-state index contributed by atoms with van der Waals surface area (Å²) in [7, 11) is -1.68. The third-order valence-electron chi connectivity index (χ3n) is 3.95. The monoisotopic (exact) mass is 345 g/mol. The molecule has 6 nitrogen and oxygen atoms in total. The predicted octanol–water partition coefficient (Wildman–Crippen LogP) is 2.44. The minimum Gasteiger partial charge on any atom is -0.374 e. The Kier molecular flexibility index (Phi) is 4.19. The molecular formula is C17H19N3O3S. The predicted molar refractivity (Wildman–Crippen MR) is 95.0 cm³/mol. The molecule has 0 radical (unpaired) electrons. The van der Waals surface area contributed by atoms with Gasteiger partial charge in [0, 0.05) is 31.9 Å². The van der Waals surface area contributed by atoms with Crippen molar-refractivity contribution in [2.45, 2.75) is 18.2 Å². The first-order valence-corrected chi connectivity index (χ1v) is 9.08. The van der Waals surface area contributed by atoms with Gasteiger partial charge in [-0.3, -0.25) is 9.52 Å². The lowest BCUT2D eigenvalue weighted by Gasteiger charge is -2.14. The van der Waals surface area contributed by atoms with Crippen molar-refractivity contribution < 1.29 is 13.2 Å². The molecule has 0 saturated heterocycles. The largest absolute Gasteiger partial charge is 0.374 e. The molecule has 3 rings (SSSR count). The van der Waals surface area contributed by atoms with Crippen molar-refractivity contribution in [2.75, 3.05) is 28.5 Å². The van der Waals surface area contributed by atoms with Crippen LogP contribution < -0.4 is 14.9 Å². The maximum absolute atomic E-state index is 12.5. The lowest BCUT2D eigenvalue weighted by molar-refractivity contribution is -0.114. The number of carbonyl (C=O) groups excluding carboxylic acids is 1. The van der Waals surface area contributed by atoms with Gasteiger partial charge in [0.2, 0.25) is 5.91 Å². The normalized spacial score (nSPS) is 13.5. The van der Waals surface area contributed by atoms with Crippen molar-refractivity contribution in [3.63, 3.8) is 0 Å². The molecule has 2 N–H and O–H groups in total. The summed E-state index contributed by atoms with van der Waals surface area (Å²) >= 11 is 0. The van der Waals surface area contributed by atoms with E-state index < -0.39 is 10.0 Å². The number of hydrogen-bond acceptors (Lipinski definition) is 4. The Hall–Kier alpha value is -2.54. The maximum atomic E-state index is 12.5.